The third-order valence-corrected chi connectivity index (χ3v) is 4.62. The summed E-state index contributed by atoms with van der Waals surface area (Å²) < 4.78 is 17.0. The summed E-state index contributed by atoms with van der Waals surface area (Å²) in [6.45, 7) is 11.0. The van der Waals surface area contributed by atoms with E-state index in [2.05, 4.69) is 0 Å². The topological polar surface area (TPSA) is 82.1 Å². The van der Waals surface area contributed by atoms with Crippen LogP contribution in [0.1, 0.15) is 59.9 Å². The second-order valence-electron chi connectivity index (χ2n) is 9.65. The van der Waals surface area contributed by atoms with E-state index in [1.807, 2.05) is 30.3 Å². The van der Waals surface area contributed by atoms with E-state index < -0.39 is 47.2 Å². The molecule has 1 aromatic rings. The standard InChI is InChI=1S/C23H34O6/c1-22(2,3)28-20(25)16-12-18(24)19(27-14-15-10-8-7-9-11-15)13-17(16)21(26)29-23(4,5)6/h7-11,16-19,24H,12-14H2,1-6H3/t16-,17-,18-,19+/m0/s1. The zero-order valence-electron chi connectivity index (χ0n) is 18.3. The predicted octanol–water partition coefficient (Wildman–Crippen LogP) is 3.64. The molecule has 4 atom stereocenters. The maximum atomic E-state index is 12.9. The lowest BCUT2D eigenvalue weighted by Gasteiger charge is -2.38. The molecule has 6 heteroatoms. The number of carbonyl (C=O) groups is 2. The van der Waals surface area contributed by atoms with Crippen molar-refractivity contribution in [3.8, 4) is 0 Å². The quantitative estimate of drug-likeness (QED) is 0.752. The van der Waals surface area contributed by atoms with Crippen molar-refractivity contribution in [3.05, 3.63) is 35.9 Å². The molecule has 0 saturated heterocycles. The highest BCUT2D eigenvalue weighted by atomic mass is 16.6. The molecule has 1 aliphatic rings. The van der Waals surface area contributed by atoms with Gasteiger partial charge in [0.25, 0.3) is 0 Å². The van der Waals surface area contributed by atoms with Gasteiger partial charge in [-0.25, -0.2) is 0 Å². The summed E-state index contributed by atoms with van der Waals surface area (Å²) in [7, 11) is 0. The highest BCUT2D eigenvalue weighted by molar-refractivity contribution is 5.83. The van der Waals surface area contributed by atoms with Gasteiger partial charge in [0.05, 0.1) is 30.7 Å². The molecule has 0 radical (unpaired) electrons. The fourth-order valence-electron chi connectivity index (χ4n) is 3.38. The van der Waals surface area contributed by atoms with Gasteiger partial charge in [0.15, 0.2) is 0 Å². The van der Waals surface area contributed by atoms with E-state index in [4.69, 9.17) is 14.2 Å². The Balaban J connectivity index is 2.15. The van der Waals surface area contributed by atoms with Crippen molar-refractivity contribution in [2.24, 2.45) is 11.8 Å². The van der Waals surface area contributed by atoms with E-state index in [1.165, 1.54) is 0 Å². The minimum Gasteiger partial charge on any atom is -0.460 e. The Labute approximate surface area is 173 Å². The van der Waals surface area contributed by atoms with E-state index in [0.29, 0.717) is 6.61 Å². The van der Waals surface area contributed by atoms with Crippen LogP contribution in [0.4, 0.5) is 0 Å². The Bertz CT molecular complexity index is 686. The van der Waals surface area contributed by atoms with Crippen molar-refractivity contribution in [2.75, 3.05) is 0 Å². The predicted molar refractivity (Wildman–Crippen MR) is 109 cm³/mol. The third kappa shape index (κ3) is 7.44. The maximum absolute atomic E-state index is 12.9. The smallest absolute Gasteiger partial charge is 0.310 e. The number of carbonyl (C=O) groups excluding carboxylic acids is 2. The lowest BCUT2D eigenvalue weighted by Crippen LogP contribution is -2.48. The van der Waals surface area contributed by atoms with Gasteiger partial charge in [-0.1, -0.05) is 30.3 Å². The molecule has 6 nitrogen and oxygen atoms in total. The molecule has 0 spiro atoms. The number of aliphatic hydroxyl groups excluding tert-OH is 1. The van der Waals surface area contributed by atoms with Crippen LogP contribution in [0.15, 0.2) is 30.3 Å². The van der Waals surface area contributed by atoms with Gasteiger partial charge >= 0.3 is 11.9 Å². The van der Waals surface area contributed by atoms with Crippen molar-refractivity contribution in [2.45, 2.75) is 84.4 Å². The zero-order valence-corrected chi connectivity index (χ0v) is 18.3. The fraction of sp³-hybridized carbons (Fsp3) is 0.652. The Morgan fingerprint density at radius 1 is 0.897 bits per heavy atom. The number of esters is 2. The van der Waals surface area contributed by atoms with Gasteiger partial charge in [-0.05, 0) is 59.9 Å². The Morgan fingerprint density at radius 2 is 1.38 bits per heavy atom. The fourth-order valence-corrected chi connectivity index (χ4v) is 3.38. The van der Waals surface area contributed by atoms with Crippen molar-refractivity contribution < 1.29 is 28.9 Å². The lowest BCUT2D eigenvalue weighted by molar-refractivity contribution is -0.184. The molecule has 1 fully saturated rings. The first-order valence-electron chi connectivity index (χ1n) is 10.1. The van der Waals surface area contributed by atoms with Gasteiger partial charge in [0.2, 0.25) is 0 Å². The molecule has 1 aliphatic carbocycles. The molecule has 29 heavy (non-hydrogen) atoms. The number of rotatable bonds is 5. The third-order valence-electron chi connectivity index (χ3n) is 4.62. The number of hydrogen-bond donors (Lipinski definition) is 1. The average Bonchev–Trinajstić information content (AvgIpc) is 2.58. The van der Waals surface area contributed by atoms with Crippen LogP contribution >= 0.6 is 0 Å². The highest BCUT2D eigenvalue weighted by Crippen LogP contribution is 2.36. The number of benzene rings is 1. The zero-order chi connectivity index (χ0) is 21.8. The molecule has 0 aromatic heterocycles. The lowest BCUT2D eigenvalue weighted by atomic mass is 9.76. The van der Waals surface area contributed by atoms with E-state index >= 15 is 0 Å². The molecule has 0 amide bonds. The Morgan fingerprint density at radius 3 is 1.86 bits per heavy atom. The number of ether oxygens (including phenoxy) is 3. The SMILES string of the molecule is CC(C)(C)OC(=O)[C@H]1C[C@H](O)[C@H](OCc2ccccc2)C[C@@H]1C(=O)OC(C)(C)C. The molecule has 2 rings (SSSR count). The van der Waals surface area contributed by atoms with Gasteiger partial charge < -0.3 is 19.3 Å². The van der Waals surface area contributed by atoms with Crippen LogP contribution in [0.2, 0.25) is 0 Å². The maximum Gasteiger partial charge on any atom is 0.310 e. The normalized spacial score (nSPS) is 25.3. The second kappa shape index (κ2) is 9.26. The molecule has 1 aromatic carbocycles. The first kappa shape index (κ1) is 23.4. The van der Waals surface area contributed by atoms with Crippen LogP contribution in [0.25, 0.3) is 0 Å². The van der Waals surface area contributed by atoms with Crippen molar-refractivity contribution >= 4 is 11.9 Å². The average molecular weight is 407 g/mol. The van der Waals surface area contributed by atoms with E-state index in [-0.39, 0.29) is 12.8 Å². The Kier molecular flexibility index (Phi) is 7.46. The monoisotopic (exact) mass is 406 g/mol. The van der Waals surface area contributed by atoms with Crippen LogP contribution in [0, 0.1) is 11.8 Å². The van der Waals surface area contributed by atoms with Crippen LogP contribution in [-0.4, -0.2) is 40.5 Å². The first-order chi connectivity index (χ1) is 13.4. The summed E-state index contributed by atoms with van der Waals surface area (Å²) in [6.07, 6.45) is -1.13. The van der Waals surface area contributed by atoms with Crippen LogP contribution in [-0.2, 0) is 30.4 Å². The minimum atomic E-state index is -0.866. The van der Waals surface area contributed by atoms with Crippen LogP contribution in [0.3, 0.4) is 0 Å². The first-order valence-corrected chi connectivity index (χ1v) is 10.1. The molecule has 0 heterocycles. The number of aliphatic hydroxyl groups is 1. The number of hydrogen-bond acceptors (Lipinski definition) is 6. The molecule has 0 unspecified atom stereocenters. The van der Waals surface area contributed by atoms with Crippen molar-refractivity contribution in [1.82, 2.24) is 0 Å². The Hall–Kier alpha value is -1.92. The second-order valence-corrected chi connectivity index (χ2v) is 9.65. The van der Waals surface area contributed by atoms with E-state index in [1.54, 1.807) is 41.5 Å². The van der Waals surface area contributed by atoms with Gasteiger partial charge in [0, 0.05) is 0 Å². The minimum absolute atomic E-state index is 0.0955. The molecule has 1 N–H and O–H groups in total. The van der Waals surface area contributed by atoms with Gasteiger partial charge in [0.1, 0.15) is 11.2 Å². The summed E-state index contributed by atoms with van der Waals surface area (Å²) in [4.78, 5) is 25.6. The molecule has 1 saturated carbocycles. The molecule has 0 aliphatic heterocycles. The van der Waals surface area contributed by atoms with Crippen molar-refractivity contribution in [1.29, 1.82) is 0 Å². The summed E-state index contributed by atoms with van der Waals surface area (Å²) in [5.74, 6) is -2.45. The highest BCUT2D eigenvalue weighted by Gasteiger charge is 2.46. The van der Waals surface area contributed by atoms with Crippen LogP contribution in [0.5, 0.6) is 0 Å². The van der Waals surface area contributed by atoms with E-state index in [0.717, 1.165) is 5.56 Å². The molecular formula is C23H34O6. The molecule has 162 valence electrons. The van der Waals surface area contributed by atoms with Gasteiger partial charge in [-0.2, -0.15) is 0 Å². The largest absolute Gasteiger partial charge is 0.460 e. The van der Waals surface area contributed by atoms with Crippen LogP contribution < -0.4 is 0 Å². The summed E-state index contributed by atoms with van der Waals surface area (Å²) >= 11 is 0. The summed E-state index contributed by atoms with van der Waals surface area (Å²) in [5, 5.41) is 10.6. The summed E-state index contributed by atoms with van der Waals surface area (Å²) in [6, 6.07) is 9.62. The summed E-state index contributed by atoms with van der Waals surface area (Å²) in [5.41, 5.74) is -0.379. The molecular weight excluding hydrogens is 372 g/mol. The van der Waals surface area contributed by atoms with Gasteiger partial charge in [-0.15, -0.1) is 0 Å². The van der Waals surface area contributed by atoms with E-state index in [9.17, 15) is 14.7 Å². The molecule has 0 bridgehead atoms. The van der Waals surface area contributed by atoms with Gasteiger partial charge in [-0.3, -0.25) is 9.59 Å². The van der Waals surface area contributed by atoms with Crippen molar-refractivity contribution in [3.63, 3.8) is 0 Å².